The Morgan fingerprint density at radius 1 is 1.00 bits per heavy atom. The van der Waals surface area contributed by atoms with Crippen LogP contribution in [0.25, 0.3) is 10.8 Å². The third-order valence-electron chi connectivity index (χ3n) is 3.28. The van der Waals surface area contributed by atoms with Crippen LogP contribution in [0.1, 0.15) is 11.1 Å². The van der Waals surface area contributed by atoms with Crippen molar-refractivity contribution >= 4 is 38.8 Å². The van der Waals surface area contributed by atoms with E-state index in [1.54, 1.807) is 0 Å². The molecule has 0 fully saturated rings. The summed E-state index contributed by atoms with van der Waals surface area (Å²) in [6, 6.07) is 21.5. The quantitative estimate of drug-likeness (QED) is 0.664. The van der Waals surface area contributed by atoms with Gasteiger partial charge in [0.1, 0.15) is 0 Å². The molecule has 3 aromatic rings. The minimum Gasteiger partial charge on any atom is -0.369 e. The molecule has 0 radical (unpaired) electrons. The predicted molar refractivity (Wildman–Crippen MR) is 98.9 cm³/mol. The summed E-state index contributed by atoms with van der Waals surface area (Å²) in [5.74, 6) is -0.290. The number of benzene rings is 3. The van der Waals surface area contributed by atoms with E-state index in [1.807, 2.05) is 66.7 Å². The summed E-state index contributed by atoms with van der Waals surface area (Å²) in [7, 11) is 0. The Hall–Kier alpha value is -2.46. The maximum absolute atomic E-state index is 10.8. The van der Waals surface area contributed by atoms with Crippen LogP contribution >= 0.6 is 15.9 Å². The number of nitrogens with one attached hydrogen (secondary N) is 1. The molecule has 116 valence electrons. The van der Waals surface area contributed by atoms with Gasteiger partial charge in [-0.25, -0.2) is 0 Å². The molecule has 3 rings (SSSR count). The highest BCUT2D eigenvalue weighted by Gasteiger charge is 2.02. The number of nitrogens with two attached hydrogens (primary N) is 1. The van der Waals surface area contributed by atoms with Crippen molar-refractivity contribution in [2.45, 2.75) is 6.42 Å². The van der Waals surface area contributed by atoms with Crippen LogP contribution in [0.5, 0.6) is 0 Å². The lowest BCUT2D eigenvalue weighted by Gasteiger charge is -2.03. The molecule has 0 aromatic heterocycles. The molecule has 0 unspecified atom stereocenters. The molecule has 3 aromatic carbocycles. The van der Waals surface area contributed by atoms with E-state index in [2.05, 4.69) is 15.9 Å². The minimum atomic E-state index is -0.290. The summed E-state index contributed by atoms with van der Waals surface area (Å²) < 4.78 is 1.05. The molecular weight excluding hydrogens is 352 g/mol. The highest BCUT2D eigenvalue weighted by Crippen LogP contribution is 2.18. The average molecular weight is 369 g/mol. The number of hydrogen-bond donors (Lipinski definition) is 2. The summed E-state index contributed by atoms with van der Waals surface area (Å²) in [6.07, 6.45) is 1.63. The van der Waals surface area contributed by atoms with Gasteiger partial charge in [0.2, 0.25) is 5.91 Å². The lowest BCUT2D eigenvalue weighted by Crippen LogP contribution is -2.13. The van der Waals surface area contributed by atoms with Gasteiger partial charge >= 0.3 is 0 Å². The van der Waals surface area contributed by atoms with Crippen LogP contribution in [-0.2, 0) is 11.2 Å². The molecule has 0 bridgehead atoms. The fourth-order valence-electron chi connectivity index (χ4n) is 2.19. The lowest BCUT2D eigenvalue weighted by molar-refractivity contribution is -0.117. The standard InChI is InChI=1S/C12H11NO.C7H6BrN/c13-12(14)8-10-6-3-5-9-4-1-2-7-11(9)10;8-7-3-1-6(5-9)2-4-7/h1-7H,8H2,(H2,13,14);1-5,9H. The maximum atomic E-state index is 10.8. The molecule has 0 heterocycles. The summed E-state index contributed by atoms with van der Waals surface area (Å²) in [6.45, 7) is 0. The van der Waals surface area contributed by atoms with Crippen LogP contribution in [0.4, 0.5) is 0 Å². The van der Waals surface area contributed by atoms with Gasteiger partial charge in [0.05, 0.1) is 6.42 Å². The second kappa shape index (κ2) is 8.25. The first-order valence-corrected chi connectivity index (χ1v) is 7.90. The first kappa shape index (κ1) is 16.9. The van der Waals surface area contributed by atoms with Crippen molar-refractivity contribution in [3.63, 3.8) is 0 Å². The number of carbonyl (C=O) groups excluding carboxylic acids is 1. The van der Waals surface area contributed by atoms with Crippen LogP contribution < -0.4 is 5.73 Å². The number of primary amides is 1. The van der Waals surface area contributed by atoms with Gasteiger partial charge in [0.25, 0.3) is 0 Å². The number of halogens is 1. The van der Waals surface area contributed by atoms with Gasteiger partial charge in [-0.2, -0.15) is 0 Å². The Labute approximate surface area is 143 Å². The van der Waals surface area contributed by atoms with Crippen molar-refractivity contribution in [2.75, 3.05) is 0 Å². The zero-order valence-corrected chi connectivity index (χ0v) is 14.1. The second-order valence-electron chi connectivity index (χ2n) is 4.98. The normalized spacial score (nSPS) is 9.78. The molecule has 4 heteroatoms. The van der Waals surface area contributed by atoms with Crippen LogP contribution in [0.3, 0.4) is 0 Å². The second-order valence-corrected chi connectivity index (χ2v) is 5.89. The third kappa shape index (κ3) is 5.04. The molecule has 1 amide bonds. The van der Waals surface area contributed by atoms with Crippen molar-refractivity contribution < 1.29 is 4.79 Å². The Bertz CT molecular complexity index is 808. The molecule has 0 saturated carbocycles. The predicted octanol–water partition coefficient (Wildman–Crippen LogP) is 4.31. The number of fused-ring (bicyclic) bond motifs is 1. The lowest BCUT2D eigenvalue weighted by atomic mass is 10.0. The van der Waals surface area contributed by atoms with E-state index < -0.39 is 0 Å². The molecular formula is C19H17BrN2O. The molecule has 3 N–H and O–H groups in total. The molecule has 0 aliphatic heterocycles. The summed E-state index contributed by atoms with van der Waals surface area (Å²) in [5, 5.41) is 9.12. The Kier molecular flexibility index (Phi) is 6.06. The fraction of sp³-hybridized carbons (Fsp3) is 0.0526. The first-order valence-electron chi connectivity index (χ1n) is 7.11. The highest BCUT2D eigenvalue weighted by atomic mass is 79.9. The van der Waals surface area contributed by atoms with Crippen LogP contribution in [0, 0.1) is 5.41 Å². The largest absolute Gasteiger partial charge is 0.369 e. The Balaban J connectivity index is 0.000000185. The first-order chi connectivity index (χ1) is 11.1. The van der Waals surface area contributed by atoms with E-state index in [4.69, 9.17) is 11.1 Å². The van der Waals surface area contributed by atoms with Crippen molar-refractivity contribution in [3.8, 4) is 0 Å². The molecule has 23 heavy (non-hydrogen) atoms. The van der Waals surface area contributed by atoms with Gasteiger partial charge in [-0.1, -0.05) is 70.5 Å². The molecule has 0 spiro atoms. The summed E-state index contributed by atoms with van der Waals surface area (Å²) in [4.78, 5) is 10.8. The van der Waals surface area contributed by atoms with E-state index in [0.717, 1.165) is 26.4 Å². The zero-order chi connectivity index (χ0) is 16.7. The van der Waals surface area contributed by atoms with E-state index in [9.17, 15) is 4.79 Å². The number of amides is 1. The van der Waals surface area contributed by atoms with Crippen LogP contribution in [0.15, 0.2) is 71.2 Å². The summed E-state index contributed by atoms with van der Waals surface area (Å²) >= 11 is 3.30. The molecule has 0 saturated heterocycles. The van der Waals surface area contributed by atoms with E-state index >= 15 is 0 Å². The number of rotatable bonds is 3. The van der Waals surface area contributed by atoms with Gasteiger partial charge in [-0.05, 0) is 34.0 Å². The van der Waals surface area contributed by atoms with E-state index in [0.29, 0.717) is 6.42 Å². The highest BCUT2D eigenvalue weighted by molar-refractivity contribution is 9.10. The van der Waals surface area contributed by atoms with E-state index in [-0.39, 0.29) is 5.91 Å². The van der Waals surface area contributed by atoms with Crippen molar-refractivity contribution in [2.24, 2.45) is 5.73 Å². The average Bonchev–Trinajstić information content (AvgIpc) is 2.56. The van der Waals surface area contributed by atoms with Gasteiger partial charge in [-0.3, -0.25) is 4.79 Å². The zero-order valence-electron chi connectivity index (χ0n) is 12.5. The number of carbonyl (C=O) groups is 1. The topological polar surface area (TPSA) is 66.9 Å². The van der Waals surface area contributed by atoms with Gasteiger partial charge in [0.15, 0.2) is 0 Å². The Morgan fingerprint density at radius 2 is 1.65 bits per heavy atom. The number of hydrogen-bond acceptors (Lipinski definition) is 2. The van der Waals surface area contributed by atoms with E-state index in [1.165, 1.54) is 6.21 Å². The maximum Gasteiger partial charge on any atom is 0.221 e. The van der Waals surface area contributed by atoms with Crippen molar-refractivity contribution in [3.05, 3.63) is 82.3 Å². The molecule has 0 aliphatic carbocycles. The molecule has 3 nitrogen and oxygen atoms in total. The van der Waals surface area contributed by atoms with Gasteiger partial charge in [-0.15, -0.1) is 0 Å². The monoisotopic (exact) mass is 368 g/mol. The molecule has 0 atom stereocenters. The minimum absolute atomic E-state index is 0.290. The SMILES string of the molecule is N=Cc1ccc(Br)cc1.NC(=O)Cc1cccc2ccccc12. The summed E-state index contributed by atoms with van der Waals surface area (Å²) in [5.41, 5.74) is 7.10. The van der Waals surface area contributed by atoms with Crippen LogP contribution in [-0.4, -0.2) is 12.1 Å². The van der Waals surface area contributed by atoms with Gasteiger partial charge < -0.3 is 11.1 Å². The fourth-order valence-corrected chi connectivity index (χ4v) is 2.46. The van der Waals surface area contributed by atoms with Crippen molar-refractivity contribution in [1.82, 2.24) is 0 Å². The molecule has 0 aliphatic rings. The third-order valence-corrected chi connectivity index (χ3v) is 3.81. The Morgan fingerprint density at radius 3 is 2.30 bits per heavy atom. The van der Waals surface area contributed by atoms with Gasteiger partial charge in [0, 0.05) is 10.7 Å². The smallest absolute Gasteiger partial charge is 0.221 e. The van der Waals surface area contributed by atoms with Crippen LogP contribution in [0.2, 0.25) is 0 Å². The van der Waals surface area contributed by atoms with Crippen molar-refractivity contribution in [1.29, 1.82) is 5.41 Å².